The normalized spacial score (nSPS) is 22.3. The molecule has 2 atom stereocenters. The summed E-state index contributed by atoms with van der Waals surface area (Å²) in [7, 11) is 0. The number of rotatable bonds is 1. The topological polar surface area (TPSA) is 45.3 Å². The third-order valence-electron chi connectivity index (χ3n) is 4.58. The van der Waals surface area contributed by atoms with E-state index in [0.29, 0.717) is 18.8 Å². The van der Waals surface area contributed by atoms with Gasteiger partial charge in [-0.1, -0.05) is 6.07 Å². The van der Waals surface area contributed by atoms with E-state index in [2.05, 4.69) is 31.8 Å². The summed E-state index contributed by atoms with van der Waals surface area (Å²) >= 11 is 0. The van der Waals surface area contributed by atoms with Crippen LogP contribution in [0.3, 0.4) is 0 Å². The average Bonchev–Trinajstić information content (AvgIpc) is 2.89. The number of carbonyl (C=O) groups excluding carboxylic acids is 1. The van der Waals surface area contributed by atoms with Crippen LogP contribution < -0.4 is 0 Å². The Bertz CT molecular complexity index is 722. The minimum Gasteiger partial charge on any atom is -0.372 e. The summed E-state index contributed by atoms with van der Waals surface area (Å²) in [4.78, 5) is 18.0. The summed E-state index contributed by atoms with van der Waals surface area (Å²) in [5.74, 6) is 0.0645. The predicted octanol–water partition coefficient (Wildman–Crippen LogP) is 3.34. The van der Waals surface area contributed by atoms with Crippen molar-refractivity contribution in [3.8, 4) is 0 Å². The first-order valence-electron chi connectivity index (χ1n) is 7.91. The summed E-state index contributed by atoms with van der Waals surface area (Å²) in [6.07, 6.45) is 0.172. The number of nitrogens with one attached hydrogen (secondary N) is 1. The van der Waals surface area contributed by atoms with Crippen LogP contribution in [0.2, 0.25) is 0 Å². The van der Waals surface area contributed by atoms with E-state index in [0.717, 1.165) is 10.9 Å². The van der Waals surface area contributed by atoms with E-state index in [1.165, 1.54) is 16.7 Å². The number of hydrogen-bond acceptors (Lipinski definition) is 2. The smallest absolute Gasteiger partial charge is 0.270 e. The van der Waals surface area contributed by atoms with E-state index in [4.69, 9.17) is 4.74 Å². The highest BCUT2D eigenvalue weighted by Gasteiger charge is 2.27. The molecule has 1 amide bonds. The zero-order valence-electron chi connectivity index (χ0n) is 14.0. The second-order valence-electron chi connectivity index (χ2n) is 6.57. The Morgan fingerprint density at radius 1 is 1.14 bits per heavy atom. The van der Waals surface area contributed by atoms with Crippen LogP contribution >= 0.6 is 0 Å². The molecule has 0 saturated carbocycles. The van der Waals surface area contributed by atoms with Crippen LogP contribution in [0.25, 0.3) is 10.9 Å². The van der Waals surface area contributed by atoms with Gasteiger partial charge in [0.1, 0.15) is 5.69 Å². The second kappa shape index (κ2) is 5.43. The lowest BCUT2D eigenvalue weighted by Crippen LogP contribution is -2.48. The van der Waals surface area contributed by atoms with Gasteiger partial charge in [0.15, 0.2) is 0 Å². The molecule has 0 aliphatic carbocycles. The van der Waals surface area contributed by atoms with E-state index in [9.17, 15) is 4.79 Å². The van der Waals surface area contributed by atoms with Gasteiger partial charge in [0.05, 0.1) is 12.2 Å². The number of H-pyrrole nitrogens is 1. The molecule has 1 fully saturated rings. The lowest BCUT2D eigenvalue weighted by Gasteiger charge is -2.35. The summed E-state index contributed by atoms with van der Waals surface area (Å²) in [6.45, 7) is 11.6. The third kappa shape index (κ3) is 2.52. The van der Waals surface area contributed by atoms with Gasteiger partial charge in [-0.3, -0.25) is 4.79 Å². The number of carbonyl (C=O) groups is 1. The van der Waals surface area contributed by atoms with Crippen molar-refractivity contribution in [2.24, 2.45) is 0 Å². The number of ether oxygens (including phenoxy) is 1. The highest BCUT2D eigenvalue weighted by Crippen LogP contribution is 2.26. The number of morpholine rings is 1. The number of hydrogen-bond donors (Lipinski definition) is 1. The maximum Gasteiger partial charge on any atom is 0.270 e. The van der Waals surface area contributed by atoms with E-state index >= 15 is 0 Å². The molecule has 3 rings (SSSR count). The number of benzene rings is 1. The van der Waals surface area contributed by atoms with Crippen LogP contribution in [0.1, 0.15) is 41.0 Å². The molecule has 0 unspecified atom stereocenters. The highest BCUT2D eigenvalue weighted by atomic mass is 16.5. The van der Waals surface area contributed by atoms with E-state index in [1.807, 2.05) is 24.8 Å². The summed E-state index contributed by atoms with van der Waals surface area (Å²) in [5.41, 5.74) is 5.42. The predicted molar refractivity (Wildman–Crippen MR) is 88.4 cm³/mol. The zero-order valence-corrected chi connectivity index (χ0v) is 14.0. The van der Waals surface area contributed by atoms with Gasteiger partial charge in [-0.2, -0.15) is 0 Å². The van der Waals surface area contributed by atoms with Gasteiger partial charge < -0.3 is 14.6 Å². The molecule has 0 radical (unpaired) electrons. The quantitative estimate of drug-likeness (QED) is 0.878. The summed E-state index contributed by atoms with van der Waals surface area (Å²) in [6, 6.07) is 4.17. The molecular weight excluding hydrogens is 276 g/mol. The van der Waals surface area contributed by atoms with Gasteiger partial charge >= 0.3 is 0 Å². The molecule has 1 aliphatic rings. The molecule has 1 saturated heterocycles. The van der Waals surface area contributed by atoms with Gasteiger partial charge in [0, 0.05) is 24.0 Å². The maximum atomic E-state index is 12.8. The average molecular weight is 300 g/mol. The summed E-state index contributed by atoms with van der Waals surface area (Å²) < 4.78 is 5.71. The molecule has 4 heteroatoms. The Hall–Kier alpha value is -1.81. The van der Waals surface area contributed by atoms with Crippen molar-refractivity contribution in [3.63, 3.8) is 0 Å². The van der Waals surface area contributed by atoms with E-state index < -0.39 is 0 Å². The lowest BCUT2D eigenvalue weighted by molar-refractivity contribution is -0.0587. The molecule has 2 aromatic rings. The largest absolute Gasteiger partial charge is 0.372 e. The number of nitrogens with zero attached hydrogens (tertiary/aromatic N) is 1. The number of aryl methyl sites for hydroxylation is 3. The van der Waals surface area contributed by atoms with Gasteiger partial charge in [0.25, 0.3) is 5.91 Å². The van der Waals surface area contributed by atoms with Crippen LogP contribution in [0.5, 0.6) is 0 Å². The Kier molecular flexibility index (Phi) is 3.73. The molecular formula is C18H24N2O2. The molecule has 22 heavy (non-hydrogen) atoms. The van der Waals surface area contributed by atoms with Crippen molar-refractivity contribution in [2.75, 3.05) is 13.1 Å². The molecule has 1 aromatic carbocycles. The van der Waals surface area contributed by atoms with Crippen LogP contribution in [0.15, 0.2) is 12.1 Å². The highest BCUT2D eigenvalue weighted by molar-refractivity contribution is 6.00. The molecule has 1 N–H and O–H groups in total. The lowest BCUT2D eigenvalue weighted by atomic mass is 10.0. The van der Waals surface area contributed by atoms with Crippen LogP contribution in [0, 0.1) is 20.8 Å². The molecule has 1 aromatic heterocycles. The standard InChI is InChI=1S/C18H24N2O2/c1-10-6-11(2)15-7-16(19-17(15)14(10)5)18(21)20-8-12(3)22-13(4)9-20/h6-7,12-13,19H,8-9H2,1-5H3/t12-,13+. The van der Waals surface area contributed by atoms with Crippen molar-refractivity contribution in [2.45, 2.75) is 46.8 Å². The van der Waals surface area contributed by atoms with Crippen LogP contribution in [0.4, 0.5) is 0 Å². The molecule has 2 heterocycles. The fourth-order valence-electron chi connectivity index (χ4n) is 3.40. The SMILES string of the molecule is Cc1cc(C)c2cc(C(=O)N3C[C@@H](C)O[C@@H](C)C3)[nH]c2c1C. The van der Waals surface area contributed by atoms with Crippen LogP contribution in [-0.4, -0.2) is 41.1 Å². The minimum absolute atomic E-state index is 0.0645. The Labute approximate surface area is 131 Å². The van der Waals surface area contributed by atoms with Gasteiger partial charge in [-0.05, 0) is 57.4 Å². The minimum atomic E-state index is 0.0645. The molecule has 4 nitrogen and oxygen atoms in total. The van der Waals surface area contributed by atoms with Gasteiger partial charge in [0.2, 0.25) is 0 Å². The van der Waals surface area contributed by atoms with Crippen LogP contribution in [-0.2, 0) is 4.74 Å². The second-order valence-corrected chi connectivity index (χ2v) is 6.57. The number of fused-ring (bicyclic) bond motifs is 1. The number of aromatic amines is 1. The number of amides is 1. The van der Waals surface area contributed by atoms with Crippen molar-refractivity contribution in [1.82, 2.24) is 9.88 Å². The zero-order chi connectivity index (χ0) is 16.0. The Morgan fingerprint density at radius 2 is 1.77 bits per heavy atom. The molecule has 0 spiro atoms. The van der Waals surface area contributed by atoms with Gasteiger partial charge in [-0.25, -0.2) is 0 Å². The molecule has 118 valence electrons. The van der Waals surface area contributed by atoms with Crippen molar-refractivity contribution < 1.29 is 9.53 Å². The first-order chi connectivity index (χ1) is 10.4. The maximum absolute atomic E-state index is 12.8. The monoisotopic (exact) mass is 300 g/mol. The van der Waals surface area contributed by atoms with Crippen molar-refractivity contribution in [3.05, 3.63) is 34.5 Å². The Balaban J connectivity index is 1.98. The number of aromatic nitrogens is 1. The fourth-order valence-corrected chi connectivity index (χ4v) is 3.40. The molecule has 0 bridgehead atoms. The fraction of sp³-hybridized carbons (Fsp3) is 0.500. The van der Waals surface area contributed by atoms with E-state index in [-0.39, 0.29) is 18.1 Å². The third-order valence-corrected chi connectivity index (χ3v) is 4.58. The first-order valence-corrected chi connectivity index (χ1v) is 7.91. The summed E-state index contributed by atoms with van der Waals surface area (Å²) in [5, 5.41) is 1.14. The Morgan fingerprint density at radius 3 is 2.41 bits per heavy atom. The first kappa shape index (κ1) is 15.1. The van der Waals surface area contributed by atoms with Gasteiger partial charge in [-0.15, -0.1) is 0 Å². The van der Waals surface area contributed by atoms with Crippen molar-refractivity contribution >= 4 is 16.8 Å². The van der Waals surface area contributed by atoms with E-state index in [1.54, 1.807) is 0 Å². The van der Waals surface area contributed by atoms with Crippen molar-refractivity contribution in [1.29, 1.82) is 0 Å². The molecule has 1 aliphatic heterocycles.